The molecule has 0 aliphatic carbocycles. The first kappa shape index (κ1) is 24.3. The Morgan fingerprint density at radius 2 is 2.00 bits per heavy atom. The van der Waals surface area contributed by atoms with E-state index in [4.69, 9.17) is 25.5 Å². The Balaban J connectivity index is 1.59. The molecule has 0 saturated carbocycles. The third-order valence-corrected chi connectivity index (χ3v) is 6.85. The van der Waals surface area contributed by atoms with E-state index in [1.807, 2.05) is 22.8 Å². The van der Waals surface area contributed by atoms with E-state index in [1.165, 1.54) is 12.1 Å². The number of hydrogen-bond donors (Lipinski definition) is 1. The Labute approximate surface area is 212 Å². The number of benzene rings is 2. The smallest absolute Gasteiger partial charge is 0.196 e. The van der Waals surface area contributed by atoms with Crippen LogP contribution in [0.1, 0.15) is 38.4 Å². The Bertz CT molecular complexity index is 1430. The number of oxazole rings is 1. The van der Waals surface area contributed by atoms with Crippen molar-refractivity contribution in [3.05, 3.63) is 65.2 Å². The molecule has 0 amide bonds. The molecule has 10 heteroatoms. The summed E-state index contributed by atoms with van der Waals surface area (Å²) in [5, 5.41) is 20.2. The summed E-state index contributed by atoms with van der Waals surface area (Å²) in [5.41, 5.74) is -1.09. The van der Waals surface area contributed by atoms with Gasteiger partial charge >= 0.3 is 0 Å². The molecular weight excluding hydrogens is 487 g/mol. The number of nitrogens with zero attached hydrogens (tertiary/aromatic N) is 4. The molecule has 0 spiro atoms. The van der Waals surface area contributed by atoms with Crippen molar-refractivity contribution in [2.24, 2.45) is 0 Å². The van der Waals surface area contributed by atoms with Crippen LogP contribution in [-0.4, -0.2) is 37.6 Å². The molecule has 8 nitrogen and oxygen atoms in total. The second-order valence-corrected chi connectivity index (χ2v) is 9.73. The maximum atomic E-state index is 14.2. The van der Waals surface area contributed by atoms with E-state index in [0.717, 1.165) is 11.1 Å². The summed E-state index contributed by atoms with van der Waals surface area (Å²) in [4.78, 5) is 4.16. The number of aliphatic hydroxyl groups is 1. The number of methoxy groups -OCH3 is 1. The lowest BCUT2D eigenvalue weighted by Gasteiger charge is -2.44. The summed E-state index contributed by atoms with van der Waals surface area (Å²) in [7, 11) is 1.59. The predicted molar refractivity (Wildman–Crippen MR) is 131 cm³/mol. The molecule has 188 valence electrons. The lowest BCUT2D eigenvalue weighted by molar-refractivity contribution is -0.137. The zero-order chi connectivity index (χ0) is 25.7. The van der Waals surface area contributed by atoms with Gasteiger partial charge in [-0.15, -0.1) is 10.2 Å². The monoisotopic (exact) mass is 512 g/mol. The fourth-order valence-electron chi connectivity index (χ4n) is 4.69. The molecule has 36 heavy (non-hydrogen) atoms. The van der Waals surface area contributed by atoms with E-state index < -0.39 is 17.0 Å². The van der Waals surface area contributed by atoms with Crippen LogP contribution >= 0.6 is 11.6 Å². The highest BCUT2D eigenvalue weighted by molar-refractivity contribution is 6.30. The molecule has 2 aromatic heterocycles. The average molecular weight is 513 g/mol. The SMILES string of the molecule is COc1cc(-c2nnc3n2CCC[C@@]3(Oc2ccc(Cl)c(F)c2)C(C)(C)O)ccc1-c1cnc(C)o1. The third kappa shape index (κ3) is 4.02. The Hall–Kier alpha value is -3.43. The average Bonchev–Trinajstić information content (AvgIpc) is 3.47. The van der Waals surface area contributed by atoms with E-state index in [0.29, 0.717) is 48.4 Å². The van der Waals surface area contributed by atoms with Crippen LogP contribution < -0.4 is 9.47 Å². The predicted octanol–water partition coefficient (Wildman–Crippen LogP) is 5.55. The minimum absolute atomic E-state index is 0.00774. The maximum Gasteiger partial charge on any atom is 0.196 e. The molecular formula is C26H26ClFN4O4. The highest BCUT2D eigenvalue weighted by Gasteiger charge is 2.53. The fraction of sp³-hybridized carbons (Fsp3) is 0.346. The number of aryl methyl sites for hydroxylation is 1. The second kappa shape index (κ2) is 8.90. The van der Waals surface area contributed by atoms with Crippen molar-refractivity contribution < 1.29 is 23.4 Å². The van der Waals surface area contributed by atoms with Gasteiger partial charge in [-0.3, -0.25) is 0 Å². The Morgan fingerprint density at radius 1 is 1.19 bits per heavy atom. The quantitative estimate of drug-likeness (QED) is 0.362. The molecule has 5 rings (SSSR count). The summed E-state index contributed by atoms with van der Waals surface area (Å²) in [5.74, 6) is 2.45. The number of rotatable bonds is 6. The summed E-state index contributed by atoms with van der Waals surface area (Å²) in [6.07, 6.45) is 2.80. The zero-order valence-electron chi connectivity index (χ0n) is 20.4. The van der Waals surface area contributed by atoms with Crippen LogP contribution in [0.3, 0.4) is 0 Å². The first-order chi connectivity index (χ1) is 17.1. The molecule has 0 fully saturated rings. The van der Waals surface area contributed by atoms with Gasteiger partial charge in [-0.05, 0) is 51.0 Å². The van der Waals surface area contributed by atoms with Gasteiger partial charge in [0.2, 0.25) is 0 Å². The molecule has 0 bridgehead atoms. The summed E-state index contributed by atoms with van der Waals surface area (Å²) in [6.45, 7) is 5.71. The highest BCUT2D eigenvalue weighted by Crippen LogP contribution is 2.45. The molecule has 0 radical (unpaired) electrons. The minimum Gasteiger partial charge on any atom is -0.496 e. The summed E-state index contributed by atoms with van der Waals surface area (Å²) < 4.78 is 33.7. The molecule has 1 atom stereocenters. The molecule has 4 aromatic rings. The molecule has 1 aliphatic rings. The van der Waals surface area contributed by atoms with Gasteiger partial charge in [0.05, 0.1) is 23.9 Å². The zero-order valence-corrected chi connectivity index (χ0v) is 21.1. The largest absolute Gasteiger partial charge is 0.496 e. The van der Waals surface area contributed by atoms with Crippen molar-refractivity contribution in [3.8, 4) is 34.2 Å². The molecule has 2 aromatic carbocycles. The van der Waals surface area contributed by atoms with Crippen molar-refractivity contribution >= 4 is 11.6 Å². The van der Waals surface area contributed by atoms with Crippen LogP contribution in [0.2, 0.25) is 5.02 Å². The van der Waals surface area contributed by atoms with Crippen molar-refractivity contribution in [1.82, 2.24) is 19.7 Å². The highest BCUT2D eigenvalue weighted by atomic mass is 35.5. The normalized spacial score (nSPS) is 17.6. The van der Waals surface area contributed by atoms with E-state index in [9.17, 15) is 9.50 Å². The van der Waals surface area contributed by atoms with Crippen LogP contribution in [-0.2, 0) is 12.1 Å². The number of ether oxygens (including phenoxy) is 2. The lowest BCUT2D eigenvalue weighted by atomic mass is 9.79. The van der Waals surface area contributed by atoms with Gasteiger partial charge < -0.3 is 23.6 Å². The van der Waals surface area contributed by atoms with Crippen LogP contribution in [0.4, 0.5) is 4.39 Å². The van der Waals surface area contributed by atoms with Gasteiger partial charge in [0.1, 0.15) is 22.9 Å². The maximum absolute atomic E-state index is 14.2. The first-order valence-electron chi connectivity index (χ1n) is 11.5. The van der Waals surface area contributed by atoms with E-state index >= 15 is 0 Å². The van der Waals surface area contributed by atoms with Gasteiger partial charge in [-0.25, -0.2) is 9.37 Å². The van der Waals surface area contributed by atoms with E-state index in [-0.39, 0.29) is 10.8 Å². The first-order valence-corrected chi connectivity index (χ1v) is 11.9. The van der Waals surface area contributed by atoms with Crippen molar-refractivity contribution in [1.29, 1.82) is 0 Å². The molecule has 3 heterocycles. The van der Waals surface area contributed by atoms with Crippen LogP contribution in [0, 0.1) is 12.7 Å². The van der Waals surface area contributed by atoms with E-state index in [2.05, 4.69) is 15.2 Å². The lowest BCUT2D eigenvalue weighted by Crippen LogP contribution is -2.55. The van der Waals surface area contributed by atoms with E-state index in [1.54, 1.807) is 40.1 Å². The fourth-order valence-corrected chi connectivity index (χ4v) is 4.80. The molecule has 1 N–H and O–H groups in total. The van der Waals surface area contributed by atoms with Crippen molar-refractivity contribution in [3.63, 3.8) is 0 Å². The van der Waals surface area contributed by atoms with Gasteiger partial charge in [0.25, 0.3) is 0 Å². The minimum atomic E-state index is -1.36. The van der Waals surface area contributed by atoms with Gasteiger partial charge in [-0.1, -0.05) is 17.7 Å². The van der Waals surface area contributed by atoms with Crippen molar-refractivity contribution in [2.45, 2.75) is 51.4 Å². The molecule has 0 unspecified atom stereocenters. The number of aromatic nitrogens is 4. The van der Waals surface area contributed by atoms with Crippen molar-refractivity contribution in [2.75, 3.05) is 7.11 Å². The second-order valence-electron chi connectivity index (χ2n) is 9.33. The van der Waals surface area contributed by atoms with Gasteiger partial charge in [0, 0.05) is 25.1 Å². The molecule has 0 saturated heterocycles. The summed E-state index contributed by atoms with van der Waals surface area (Å²) in [6, 6.07) is 9.86. The van der Waals surface area contributed by atoms with Gasteiger partial charge in [-0.2, -0.15) is 0 Å². The van der Waals surface area contributed by atoms with Crippen LogP contribution in [0.15, 0.2) is 47.0 Å². The summed E-state index contributed by atoms with van der Waals surface area (Å²) >= 11 is 5.85. The number of fused-ring (bicyclic) bond motifs is 1. The standard InChI is InChI=1S/C26H26ClFN4O4/c1-15-29-14-22(35-15)18-8-6-16(12-21(18)34-4)23-30-31-24-26(25(2,3)33,10-5-11-32(23)24)36-17-7-9-19(27)20(28)13-17/h6-9,12-14,33H,5,10-11H2,1-4H3/t26-/m0/s1. The topological polar surface area (TPSA) is 95.4 Å². The Morgan fingerprint density at radius 3 is 2.67 bits per heavy atom. The third-order valence-electron chi connectivity index (χ3n) is 6.54. The molecule has 1 aliphatic heterocycles. The van der Waals surface area contributed by atoms with Gasteiger partial charge in [0.15, 0.2) is 28.9 Å². The van der Waals surface area contributed by atoms with Crippen LogP contribution in [0.25, 0.3) is 22.7 Å². The number of hydrogen-bond acceptors (Lipinski definition) is 7. The Kier molecular flexibility index (Phi) is 6.00. The van der Waals surface area contributed by atoms with Crippen LogP contribution in [0.5, 0.6) is 11.5 Å². The number of halogens is 2.